The normalized spacial score (nSPS) is 16.8. The highest BCUT2D eigenvalue weighted by Gasteiger charge is 2.19. The lowest BCUT2D eigenvalue weighted by molar-refractivity contribution is 0.0529. The molecule has 0 aliphatic carbocycles. The van der Waals surface area contributed by atoms with E-state index in [0.717, 1.165) is 31.9 Å². The maximum absolute atomic E-state index is 11.6. The van der Waals surface area contributed by atoms with E-state index in [2.05, 4.69) is 32.8 Å². The van der Waals surface area contributed by atoms with E-state index in [1.54, 1.807) is 7.05 Å². The van der Waals surface area contributed by atoms with Gasteiger partial charge in [0.15, 0.2) is 5.96 Å². The molecule has 7 nitrogen and oxygen atoms in total. The van der Waals surface area contributed by atoms with E-state index in [0.29, 0.717) is 19.1 Å². The third-order valence-corrected chi connectivity index (χ3v) is 3.78. The number of carbonyl (C=O) groups is 1. The number of carbonyl (C=O) groups excluding carboxylic acids is 1. The van der Waals surface area contributed by atoms with Gasteiger partial charge in [0.05, 0.1) is 0 Å². The molecule has 0 unspecified atom stereocenters. The first-order chi connectivity index (χ1) is 11.3. The summed E-state index contributed by atoms with van der Waals surface area (Å²) in [6.45, 7) is 12.3. The summed E-state index contributed by atoms with van der Waals surface area (Å²) in [5, 5.41) is 9.42. The van der Waals surface area contributed by atoms with E-state index in [4.69, 9.17) is 4.74 Å². The average molecular weight is 469 g/mol. The second kappa shape index (κ2) is 12.6. The van der Waals surface area contributed by atoms with Crippen molar-refractivity contribution in [1.29, 1.82) is 0 Å². The molecule has 8 heteroatoms. The number of likely N-dealkylation sites (tertiary alicyclic amines) is 1. The number of hydrogen-bond donors (Lipinski definition) is 3. The highest BCUT2D eigenvalue weighted by Crippen LogP contribution is 2.10. The Bertz CT molecular complexity index is 404. The minimum Gasteiger partial charge on any atom is -0.444 e. The van der Waals surface area contributed by atoms with Gasteiger partial charge >= 0.3 is 6.09 Å². The number of nitrogens with one attached hydrogen (secondary N) is 3. The van der Waals surface area contributed by atoms with E-state index >= 15 is 0 Å². The topological polar surface area (TPSA) is 78.0 Å². The van der Waals surface area contributed by atoms with Crippen LogP contribution in [-0.4, -0.2) is 68.4 Å². The Morgan fingerprint density at radius 2 is 1.80 bits per heavy atom. The lowest BCUT2D eigenvalue weighted by atomic mass is 10.1. The Balaban J connectivity index is 0.00000576. The molecule has 0 aromatic carbocycles. The summed E-state index contributed by atoms with van der Waals surface area (Å²) in [5.74, 6) is 0.787. The molecule has 1 aliphatic rings. The van der Waals surface area contributed by atoms with Gasteiger partial charge in [0, 0.05) is 39.3 Å². The standard InChI is InChI=1S/C17H35N5O2.HI/c1-6-11-22-12-7-14(8-13-22)21-15(18-5)19-9-10-20-16(23)24-17(2,3)4;/h14H,6-13H2,1-5H3,(H,20,23)(H2,18,19,21);1H. The van der Waals surface area contributed by atoms with Crippen LogP contribution in [0.25, 0.3) is 0 Å². The van der Waals surface area contributed by atoms with Crippen molar-refractivity contribution in [2.75, 3.05) is 39.8 Å². The van der Waals surface area contributed by atoms with Crippen molar-refractivity contribution in [2.45, 2.75) is 58.6 Å². The average Bonchev–Trinajstić information content (AvgIpc) is 2.50. The Hall–Kier alpha value is -0.770. The number of aliphatic imine (C=N–C) groups is 1. The third-order valence-electron chi connectivity index (χ3n) is 3.78. The van der Waals surface area contributed by atoms with E-state index in [1.165, 1.54) is 13.0 Å². The van der Waals surface area contributed by atoms with Crippen LogP contribution in [0.2, 0.25) is 0 Å². The number of hydrogen-bond acceptors (Lipinski definition) is 4. The molecule has 1 amide bonds. The number of alkyl carbamates (subject to hydrolysis) is 1. The molecule has 0 aromatic heterocycles. The lowest BCUT2D eigenvalue weighted by Crippen LogP contribution is -2.49. The molecule has 0 atom stereocenters. The molecule has 1 aliphatic heterocycles. The fraction of sp³-hybridized carbons (Fsp3) is 0.882. The summed E-state index contributed by atoms with van der Waals surface area (Å²) in [7, 11) is 1.77. The second-order valence-electron chi connectivity index (χ2n) is 7.19. The van der Waals surface area contributed by atoms with E-state index < -0.39 is 11.7 Å². The van der Waals surface area contributed by atoms with Gasteiger partial charge in [-0.05, 0) is 46.6 Å². The van der Waals surface area contributed by atoms with Crippen LogP contribution in [0.5, 0.6) is 0 Å². The van der Waals surface area contributed by atoms with Crippen molar-refractivity contribution in [3.05, 3.63) is 0 Å². The molecule has 0 radical (unpaired) electrons. The summed E-state index contributed by atoms with van der Waals surface area (Å²) < 4.78 is 5.19. The van der Waals surface area contributed by atoms with Gasteiger partial charge in [0.2, 0.25) is 0 Å². The van der Waals surface area contributed by atoms with E-state index in [9.17, 15) is 4.79 Å². The first-order valence-electron chi connectivity index (χ1n) is 9.00. The molecule has 1 rings (SSSR count). The quantitative estimate of drug-likeness (QED) is 0.241. The molecule has 0 aromatic rings. The molecular weight excluding hydrogens is 433 g/mol. The van der Waals surface area contributed by atoms with Crippen LogP contribution in [0.15, 0.2) is 4.99 Å². The Morgan fingerprint density at radius 1 is 1.20 bits per heavy atom. The number of ether oxygens (including phenoxy) is 1. The van der Waals surface area contributed by atoms with Crippen molar-refractivity contribution >= 4 is 36.0 Å². The van der Waals surface area contributed by atoms with Crippen LogP contribution in [0.3, 0.4) is 0 Å². The predicted molar refractivity (Wildman–Crippen MR) is 114 cm³/mol. The minimum atomic E-state index is -0.470. The Morgan fingerprint density at radius 3 is 2.32 bits per heavy atom. The molecule has 0 saturated carbocycles. The number of amides is 1. The van der Waals surface area contributed by atoms with Gasteiger partial charge in [0.25, 0.3) is 0 Å². The van der Waals surface area contributed by atoms with Gasteiger partial charge in [-0.1, -0.05) is 6.92 Å². The predicted octanol–water partition coefficient (Wildman–Crippen LogP) is 2.17. The van der Waals surface area contributed by atoms with E-state index in [1.807, 2.05) is 20.8 Å². The van der Waals surface area contributed by atoms with Crippen LogP contribution in [0.4, 0.5) is 4.79 Å². The van der Waals surface area contributed by atoms with Gasteiger partial charge in [-0.15, -0.1) is 24.0 Å². The summed E-state index contributed by atoms with van der Waals surface area (Å²) in [6.07, 6.45) is 3.09. The van der Waals surface area contributed by atoms with Crippen LogP contribution in [0.1, 0.15) is 47.0 Å². The fourth-order valence-corrected chi connectivity index (χ4v) is 2.66. The van der Waals surface area contributed by atoms with Crippen molar-refractivity contribution < 1.29 is 9.53 Å². The van der Waals surface area contributed by atoms with Crippen LogP contribution in [0, 0.1) is 0 Å². The first-order valence-corrected chi connectivity index (χ1v) is 9.00. The Labute approximate surface area is 169 Å². The van der Waals surface area contributed by atoms with Crippen molar-refractivity contribution in [3.8, 4) is 0 Å². The molecule has 25 heavy (non-hydrogen) atoms. The van der Waals surface area contributed by atoms with Crippen molar-refractivity contribution in [3.63, 3.8) is 0 Å². The first kappa shape index (κ1) is 24.2. The number of halogens is 1. The summed E-state index contributed by atoms with van der Waals surface area (Å²) in [4.78, 5) is 18.3. The number of rotatable bonds is 6. The van der Waals surface area contributed by atoms with Gasteiger partial charge < -0.3 is 25.6 Å². The molecule has 0 bridgehead atoms. The molecular formula is C17H36IN5O2. The molecule has 1 heterocycles. The highest BCUT2D eigenvalue weighted by molar-refractivity contribution is 14.0. The molecule has 1 fully saturated rings. The van der Waals surface area contributed by atoms with Crippen LogP contribution in [-0.2, 0) is 4.74 Å². The fourth-order valence-electron chi connectivity index (χ4n) is 2.66. The molecule has 0 spiro atoms. The zero-order chi connectivity index (χ0) is 18.0. The zero-order valence-corrected chi connectivity index (χ0v) is 18.7. The van der Waals surface area contributed by atoms with Gasteiger partial charge in [-0.3, -0.25) is 4.99 Å². The maximum atomic E-state index is 11.6. The SMILES string of the molecule is CCCN1CCC(NC(=NC)NCCNC(=O)OC(C)(C)C)CC1.I. The largest absolute Gasteiger partial charge is 0.444 e. The van der Waals surface area contributed by atoms with Crippen LogP contribution < -0.4 is 16.0 Å². The second-order valence-corrected chi connectivity index (χ2v) is 7.19. The highest BCUT2D eigenvalue weighted by atomic mass is 127. The Kier molecular flexibility index (Phi) is 12.2. The lowest BCUT2D eigenvalue weighted by Gasteiger charge is -2.32. The molecule has 148 valence electrons. The van der Waals surface area contributed by atoms with Gasteiger partial charge in [-0.25, -0.2) is 4.79 Å². The number of piperidine rings is 1. The minimum absolute atomic E-state index is 0. The molecule has 3 N–H and O–H groups in total. The zero-order valence-electron chi connectivity index (χ0n) is 16.4. The monoisotopic (exact) mass is 469 g/mol. The smallest absolute Gasteiger partial charge is 0.407 e. The van der Waals surface area contributed by atoms with Gasteiger partial charge in [-0.2, -0.15) is 0 Å². The summed E-state index contributed by atoms with van der Waals surface area (Å²) in [5.41, 5.74) is -0.470. The summed E-state index contributed by atoms with van der Waals surface area (Å²) in [6, 6.07) is 0.461. The maximum Gasteiger partial charge on any atom is 0.407 e. The third kappa shape index (κ3) is 11.5. The number of nitrogens with zero attached hydrogens (tertiary/aromatic N) is 2. The van der Waals surface area contributed by atoms with Gasteiger partial charge in [0.1, 0.15) is 5.60 Å². The van der Waals surface area contributed by atoms with Crippen molar-refractivity contribution in [2.24, 2.45) is 4.99 Å². The number of guanidine groups is 1. The van der Waals surface area contributed by atoms with Crippen LogP contribution >= 0.6 is 24.0 Å². The van der Waals surface area contributed by atoms with E-state index in [-0.39, 0.29) is 24.0 Å². The molecule has 1 saturated heterocycles. The summed E-state index contributed by atoms with van der Waals surface area (Å²) >= 11 is 0. The van der Waals surface area contributed by atoms with Crippen molar-refractivity contribution in [1.82, 2.24) is 20.9 Å².